The number of ether oxygens (including phenoxy) is 1. The molecule has 0 bridgehead atoms. The Hall–Kier alpha value is -1.89. The summed E-state index contributed by atoms with van der Waals surface area (Å²) in [6.45, 7) is 2.76. The van der Waals surface area contributed by atoms with Crippen molar-refractivity contribution >= 4 is 27.5 Å². The number of rotatable bonds is 3. The minimum atomic E-state index is 0.548. The van der Waals surface area contributed by atoms with E-state index >= 15 is 0 Å². The molecule has 0 amide bonds. The summed E-state index contributed by atoms with van der Waals surface area (Å²) in [6.07, 6.45) is 0. The molecule has 4 rings (SSSR count). The lowest BCUT2D eigenvalue weighted by Crippen LogP contribution is -2.25. The molecule has 25 heavy (non-hydrogen) atoms. The lowest BCUT2D eigenvalue weighted by Gasteiger charge is -2.16. The van der Waals surface area contributed by atoms with E-state index in [-0.39, 0.29) is 0 Å². The zero-order valence-electron chi connectivity index (χ0n) is 13.3. The first-order valence-electron chi connectivity index (χ1n) is 7.89. The van der Waals surface area contributed by atoms with Crippen molar-refractivity contribution in [3.05, 3.63) is 63.4 Å². The Morgan fingerprint density at radius 1 is 1.20 bits per heavy atom. The molecule has 3 aromatic rings. The van der Waals surface area contributed by atoms with Gasteiger partial charge in [-0.25, -0.2) is 0 Å². The third kappa shape index (κ3) is 3.86. The van der Waals surface area contributed by atoms with Crippen molar-refractivity contribution in [1.29, 1.82) is 0 Å². The van der Waals surface area contributed by atoms with E-state index in [1.165, 1.54) is 0 Å². The summed E-state index contributed by atoms with van der Waals surface area (Å²) in [7, 11) is 0. The normalized spacial score (nSPS) is 14.6. The Morgan fingerprint density at radius 3 is 3.00 bits per heavy atom. The minimum Gasteiger partial charge on any atom is -0.492 e. The third-order valence-electron chi connectivity index (χ3n) is 3.99. The SMILES string of the molecule is Clc1cccc(-c2noc(CN3CCOc4ccc(Br)cc4C3)n2)c1. The highest BCUT2D eigenvalue weighted by atomic mass is 79.9. The summed E-state index contributed by atoms with van der Waals surface area (Å²) in [5.74, 6) is 2.05. The van der Waals surface area contributed by atoms with E-state index in [0.717, 1.165) is 34.4 Å². The third-order valence-corrected chi connectivity index (χ3v) is 4.72. The topological polar surface area (TPSA) is 51.4 Å². The van der Waals surface area contributed by atoms with Crippen LogP contribution in [0.4, 0.5) is 0 Å². The molecule has 1 aliphatic heterocycles. The number of nitrogens with zero attached hydrogens (tertiary/aromatic N) is 3. The van der Waals surface area contributed by atoms with Crippen LogP contribution in [0.15, 0.2) is 51.5 Å². The lowest BCUT2D eigenvalue weighted by molar-refractivity contribution is 0.196. The van der Waals surface area contributed by atoms with Crippen molar-refractivity contribution in [2.75, 3.05) is 13.2 Å². The fourth-order valence-corrected chi connectivity index (χ4v) is 3.41. The predicted molar refractivity (Wildman–Crippen MR) is 98.5 cm³/mol. The second-order valence-corrected chi connectivity index (χ2v) is 7.19. The first-order chi connectivity index (χ1) is 12.2. The average Bonchev–Trinajstić information content (AvgIpc) is 2.96. The van der Waals surface area contributed by atoms with E-state index in [4.69, 9.17) is 20.9 Å². The summed E-state index contributed by atoms with van der Waals surface area (Å²) < 4.78 is 12.3. The summed E-state index contributed by atoms with van der Waals surface area (Å²) in [5, 5.41) is 4.71. The van der Waals surface area contributed by atoms with Gasteiger partial charge in [-0.3, -0.25) is 4.90 Å². The van der Waals surface area contributed by atoms with Crippen LogP contribution in [0.2, 0.25) is 5.02 Å². The molecule has 0 saturated carbocycles. The van der Waals surface area contributed by atoms with Gasteiger partial charge in [0, 0.05) is 33.7 Å². The lowest BCUT2D eigenvalue weighted by atomic mass is 10.2. The molecule has 2 aromatic carbocycles. The van der Waals surface area contributed by atoms with Crippen molar-refractivity contribution < 1.29 is 9.26 Å². The fraction of sp³-hybridized carbons (Fsp3) is 0.222. The number of aromatic nitrogens is 2. The predicted octanol–water partition coefficient (Wildman–Crippen LogP) is 4.55. The summed E-state index contributed by atoms with van der Waals surface area (Å²) in [6, 6.07) is 13.5. The highest BCUT2D eigenvalue weighted by Gasteiger charge is 2.18. The molecule has 0 atom stereocenters. The standard InChI is InChI=1S/C18H15BrClN3O2/c19-14-4-5-16-13(8-14)10-23(6-7-24-16)11-17-21-18(22-25-17)12-2-1-3-15(20)9-12/h1-5,8-9H,6-7,10-11H2. The maximum Gasteiger partial charge on any atom is 0.241 e. The van der Waals surface area contributed by atoms with Crippen molar-refractivity contribution in [3.63, 3.8) is 0 Å². The van der Waals surface area contributed by atoms with Gasteiger partial charge in [-0.15, -0.1) is 0 Å². The molecule has 0 spiro atoms. The molecular weight excluding hydrogens is 406 g/mol. The number of hydrogen-bond acceptors (Lipinski definition) is 5. The first kappa shape index (κ1) is 16.6. The average molecular weight is 421 g/mol. The van der Waals surface area contributed by atoms with Gasteiger partial charge in [0.05, 0.1) is 6.54 Å². The largest absolute Gasteiger partial charge is 0.492 e. The van der Waals surface area contributed by atoms with E-state index in [1.54, 1.807) is 0 Å². The molecule has 128 valence electrons. The van der Waals surface area contributed by atoms with Gasteiger partial charge in [-0.05, 0) is 30.3 Å². The van der Waals surface area contributed by atoms with E-state index in [2.05, 4.69) is 37.0 Å². The molecule has 2 heterocycles. The van der Waals surface area contributed by atoms with Crippen molar-refractivity contribution in [2.24, 2.45) is 0 Å². The van der Waals surface area contributed by atoms with Crippen LogP contribution < -0.4 is 4.74 Å². The van der Waals surface area contributed by atoms with Gasteiger partial charge in [-0.1, -0.05) is 44.8 Å². The highest BCUT2D eigenvalue weighted by Crippen LogP contribution is 2.27. The molecule has 0 N–H and O–H groups in total. The molecule has 0 radical (unpaired) electrons. The zero-order chi connectivity index (χ0) is 17.2. The Morgan fingerprint density at radius 2 is 2.12 bits per heavy atom. The second-order valence-electron chi connectivity index (χ2n) is 5.83. The Labute approximate surface area is 158 Å². The fourth-order valence-electron chi connectivity index (χ4n) is 2.81. The smallest absolute Gasteiger partial charge is 0.241 e. The van der Waals surface area contributed by atoms with Crippen molar-refractivity contribution in [3.8, 4) is 17.1 Å². The van der Waals surface area contributed by atoms with Gasteiger partial charge in [0.15, 0.2) is 0 Å². The maximum absolute atomic E-state index is 6.02. The van der Waals surface area contributed by atoms with Gasteiger partial charge in [0.2, 0.25) is 11.7 Å². The molecule has 0 fully saturated rings. The van der Waals surface area contributed by atoms with Gasteiger partial charge in [-0.2, -0.15) is 4.98 Å². The minimum absolute atomic E-state index is 0.548. The summed E-state index contributed by atoms with van der Waals surface area (Å²) in [4.78, 5) is 6.72. The van der Waals surface area contributed by atoms with Crippen LogP contribution in [0.1, 0.15) is 11.5 Å². The van der Waals surface area contributed by atoms with E-state index < -0.39 is 0 Å². The quantitative estimate of drug-likeness (QED) is 0.622. The van der Waals surface area contributed by atoms with Crippen LogP contribution in [0.3, 0.4) is 0 Å². The van der Waals surface area contributed by atoms with Crippen LogP contribution in [-0.2, 0) is 13.1 Å². The maximum atomic E-state index is 6.02. The molecule has 0 aliphatic carbocycles. The number of halogens is 2. The van der Waals surface area contributed by atoms with Crippen LogP contribution in [0, 0.1) is 0 Å². The van der Waals surface area contributed by atoms with E-state index in [9.17, 15) is 0 Å². The molecule has 7 heteroatoms. The first-order valence-corrected chi connectivity index (χ1v) is 9.06. The Kier molecular flexibility index (Phi) is 4.74. The number of fused-ring (bicyclic) bond motifs is 1. The van der Waals surface area contributed by atoms with Crippen molar-refractivity contribution in [1.82, 2.24) is 15.0 Å². The van der Waals surface area contributed by atoms with E-state index in [0.29, 0.717) is 29.9 Å². The van der Waals surface area contributed by atoms with Gasteiger partial charge >= 0.3 is 0 Å². The molecule has 1 aliphatic rings. The zero-order valence-corrected chi connectivity index (χ0v) is 15.6. The van der Waals surface area contributed by atoms with Crippen LogP contribution in [0.25, 0.3) is 11.4 Å². The highest BCUT2D eigenvalue weighted by molar-refractivity contribution is 9.10. The molecule has 1 aromatic heterocycles. The summed E-state index contributed by atoms with van der Waals surface area (Å²) in [5.41, 5.74) is 1.98. The number of hydrogen-bond donors (Lipinski definition) is 0. The summed E-state index contributed by atoms with van der Waals surface area (Å²) >= 11 is 9.54. The molecular formula is C18H15BrClN3O2. The van der Waals surface area contributed by atoms with Crippen LogP contribution >= 0.6 is 27.5 Å². The van der Waals surface area contributed by atoms with Gasteiger partial charge in [0.1, 0.15) is 12.4 Å². The van der Waals surface area contributed by atoms with Crippen molar-refractivity contribution in [2.45, 2.75) is 13.1 Å². The number of benzene rings is 2. The molecule has 5 nitrogen and oxygen atoms in total. The van der Waals surface area contributed by atoms with Gasteiger partial charge in [0.25, 0.3) is 0 Å². The van der Waals surface area contributed by atoms with Gasteiger partial charge < -0.3 is 9.26 Å². The monoisotopic (exact) mass is 419 g/mol. The Balaban J connectivity index is 1.51. The van der Waals surface area contributed by atoms with Crippen LogP contribution in [-0.4, -0.2) is 28.2 Å². The van der Waals surface area contributed by atoms with E-state index in [1.807, 2.05) is 36.4 Å². The molecule has 0 saturated heterocycles. The van der Waals surface area contributed by atoms with Crippen LogP contribution in [0.5, 0.6) is 5.75 Å². The second kappa shape index (κ2) is 7.15. The molecule has 0 unspecified atom stereocenters. The Bertz CT molecular complexity index is 900.